The van der Waals surface area contributed by atoms with Crippen molar-refractivity contribution in [3.8, 4) is 0 Å². The Morgan fingerprint density at radius 2 is 1.51 bits per heavy atom. The number of nitrogens with zero attached hydrogens (tertiary/aromatic N) is 3. The number of amidine groups is 1. The van der Waals surface area contributed by atoms with Crippen LogP contribution in [0.4, 0.5) is 0 Å². The van der Waals surface area contributed by atoms with Crippen molar-refractivity contribution in [2.24, 2.45) is 22.7 Å². The second-order valence-electron chi connectivity index (χ2n) is 19.8. The second-order valence-corrected chi connectivity index (χ2v) is 19.8. The number of hydrogen-bond donors (Lipinski definition) is 1. The number of imidazole rings is 1. The highest BCUT2D eigenvalue weighted by Crippen LogP contribution is 2.32. The number of benzene rings is 1. The molecular weight excluding hydrogens is 817 g/mol. The van der Waals surface area contributed by atoms with Gasteiger partial charge < -0.3 is 9.88 Å². The second kappa shape index (κ2) is 35.2. The smallest absolute Gasteiger partial charge is 0.145 e. The van der Waals surface area contributed by atoms with Crippen molar-refractivity contribution in [3.05, 3.63) is 119 Å². The number of Topliss-reactive ketones (excluding diaryl/α,β-unsaturated/α-hetero) is 1. The van der Waals surface area contributed by atoms with Crippen LogP contribution in [-0.4, -0.2) is 26.7 Å². The number of aromatic nitrogens is 2. The summed E-state index contributed by atoms with van der Waals surface area (Å²) in [7, 11) is 0. The zero-order valence-corrected chi connectivity index (χ0v) is 46.9. The van der Waals surface area contributed by atoms with Gasteiger partial charge in [-0.05, 0) is 120 Å². The number of allylic oxidation sites excluding steroid dienone is 9. The average Bonchev–Trinajstić information content (AvgIpc) is 3.90. The lowest BCUT2D eigenvalue weighted by Crippen LogP contribution is -2.37. The molecule has 378 valence electrons. The number of aliphatic imine (C=N–C) groups is 1. The Morgan fingerprint density at radius 3 is 1.97 bits per heavy atom. The summed E-state index contributed by atoms with van der Waals surface area (Å²) in [6.45, 7) is 49.8. The Morgan fingerprint density at radius 1 is 0.925 bits per heavy atom. The molecule has 1 heterocycles. The Hall–Kier alpha value is -3.99. The molecule has 0 spiro atoms. The Kier molecular flexibility index (Phi) is 33.1. The van der Waals surface area contributed by atoms with Gasteiger partial charge in [-0.15, -0.1) is 0 Å². The van der Waals surface area contributed by atoms with Gasteiger partial charge >= 0.3 is 0 Å². The summed E-state index contributed by atoms with van der Waals surface area (Å²) >= 11 is 0. The number of hydrogen-bond acceptors (Lipinski definition) is 3. The normalized spacial score (nSPS) is 15.9. The van der Waals surface area contributed by atoms with Crippen molar-refractivity contribution in [2.75, 3.05) is 0 Å². The zero-order chi connectivity index (χ0) is 51.1. The molecule has 0 radical (unpaired) electrons. The van der Waals surface area contributed by atoms with Crippen LogP contribution in [0, 0.1) is 31.6 Å². The number of ketones is 1. The predicted molar refractivity (Wildman–Crippen MR) is 300 cm³/mol. The number of nitrogens with one attached hydrogen (secondary N) is 1. The van der Waals surface area contributed by atoms with Crippen molar-refractivity contribution in [1.29, 1.82) is 0 Å². The molecule has 0 bridgehead atoms. The largest absolute Gasteiger partial charge is 0.347 e. The fraction of sp³-hybridized carbons (Fsp3) is 0.629. The molecule has 1 saturated carbocycles. The van der Waals surface area contributed by atoms with E-state index in [2.05, 4.69) is 169 Å². The van der Waals surface area contributed by atoms with Crippen LogP contribution < -0.4 is 5.32 Å². The van der Waals surface area contributed by atoms with Gasteiger partial charge in [-0.25, -0.2) is 4.98 Å². The summed E-state index contributed by atoms with van der Waals surface area (Å²) < 4.78 is 2.35. The highest BCUT2D eigenvalue weighted by molar-refractivity contribution is 5.92. The summed E-state index contributed by atoms with van der Waals surface area (Å²) in [6.07, 6.45) is 25.6. The molecule has 1 fully saturated rings. The van der Waals surface area contributed by atoms with Gasteiger partial charge in [0.1, 0.15) is 17.4 Å². The molecular formula is C62H104N4O. The molecule has 1 aromatic carbocycles. The lowest BCUT2D eigenvalue weighted by molar-refractivity contribution is -0.121. The topological polar surface area (TPSA) is 59.3 Å². The first kappa shape index (κ1) is 63.0. The minimum absolute atomic E-state index is 0.0723. The highest BCUT2D eigenvalue weighted by Gasteiger charge is 2.30. The first-order chi connectivity index (χ1) is 31.8. The molecule has 0 saturated heterocycles. The molecule has 1 atom stereocenters. The van der Waals surface area contributed by atoms with Gasteiger partial charge in [-0.3, -0.25) is 9.79 Å². The maximum absolute atomic E-state index is 12.5. The molecule has 3 aliphatic rings. The fourth-order valence-corrected chi connectivity index (χ4v) is 8.67. The van der Waals surface area contributed by atoms with E-state index in [1.54, 1.807) is 0 Å². The van der Waals surface area contributed by atoms with Gasteiger partial charge in [0.25, 0.3) is 0 Å². The molecule has 1 N–H and O–H groups in total. The van der Waals surface area contributed by atoms with Gasteiger partial charge in [-0.1, -0.05) is 207 Å². The average molecular weight is 922 g/mol. The summed E-state index contributed by atoms with van der Waals surface area (Å²) in [5, 5.41) is 3.64. The summed E-state index contributed by atoms with van der Waals surface area (Å²) in [4.78, 5) is 22.7. The van der Waals surface area contributed by atoms with Gasteiger partial charge in [0.15, 0.2) is 0 Å². The Labute approximate surface area is 415 Å². The summed E-state index contributed by atoms with van der Waals surface area (Å²) in [5.41, 5.74) is 11.7. The van der Waals surface area contributed by atoms with E-state index < -0.39 is 0 Å². The number of aryl methyl sites for hydroxylation is 4. The molecule has 5 rings (SSSR count). The third-order valence-corrected chi connectivity index (χ3v) is 12.4. The number of carbonyl (C=O) groups is 1. The molecule has 1 aromatic heterocycles. The molecule has 0 amide bonds. The van der Waals surface area contributed by atoms with Crippen LogP contribution in [0.3, 0.4) is 0 Å². The van der Waals surface area contributed by atoms with E-state index in [4.69, 9.17) is 9.98 Å². The van der Waals surface area contributed by atoms with Crippen LogP contribution in [0.15, 0.2) is 95.2 Å². The standard InChI is InChI=1S/C28H42N2O.C20H28N2.C6H12.2C3H8.C2H6/c1-9-28(10-2,18-19(3)4)30-26(16-15-24-13-11-20(5)12-14-24)29-27-22(7)21(6)17-25(31)23(27)8;1-6-10-19-20(16(4)13-15(2)3)22(17(5)21-19)14-18-11-8-7-9-12-18;1-6-4-2-3-5-6;2*1-3-2;1-2/h11-14,19,23H,6,9-10,15-18H2,1-5,7-8H3,(H,29,30);7-8,11H,2,4,6,9-10,12-14H2,1,3,5H3;6H,2-5H2,1H3;2*3H2,1-2H3;1-2H3. The van der Waals surface area contributed by atoms with Crippen molar-refractivity contribution in [3.63, 3.8) is 0 Å². The number of rotatable bonds is 16. The molecule has 67 heavy (non-hydrogen) atoms. The minimum atomic E-state index is -0.141. The molecule has 5 heteroatoms. The SMILES string of the molecule is C=C(C)CC(=C)c1c(CCC)nc(C)n1CC1=CC=CCC1.C=C1CC(=O)C(C)C(NC(CCc2ccc(C)cc2)=NC(CC)(CC)CC(C)C)=C1C.CC.CC1CCCC1.CCC.CCC. The van der Waals surface area contributed by atoms with Crippen molar-refractivity contribution < 1.29 is 4.79 Å². The van der Waals surface area contributed by atoms with Crippen molar-refractivity contribution >= 4 is 17.2 Å². The van der Waals surface area contributed by atoms with Crippen LogP contribution in [-0.2, 0) is 24.2 Å². The predicted octanol–water partition coefficient (Wildman–Crippen LogP) is 18.4. The monoisotopic (exact) mass is 921 g/mol. The van der Waals surface area contributed by atoms with Crippen LogP contribution in [0.5, 0.6) is 0 Å². The number of carbonyl (C=O) groups excluding carboxylic acids is 1. The zero-order valence-electron chi connectivity index (χ0n) is 46.9. The lowest BCUT2D eigenvalue weighted by Gasteiger charge is -2.32. The van der Waals surface area contributed by atoms with Crippen LogP contribution >= 0.6 is 0 Å². The van der Waals surface area contributed by atoms with E-state index in [0.717, 1.165) is 116 Å². The van der Waals surface area contributed by atoms with Crippen molar-refractivity contribution in [2.45, 2.75) is 239 Å². The molecule has 3 aliphatic carbocycles. The third kappa shape index (κ3) is 23.7. The Bertz CT molecular complexity index is 1870. The quantitative estimate of drug-likeness (QED) is 0.104. The molecule has 2 aromatic rings. The molecule has 0 aliphatic heterocycles. The third-order valence-electron chi connectivity index (χ3n) is 12.4. The van der Waals surface area contributed by atoms with E-state index >= 15 is 0 Å². The van der Waals surface area contributed by atoms with Crippen LogP contribution in [0.1, 0.15) is 229 Å². The maximum Gasteiger partial charge on any atom is 0.145 e. The maximum atomic E-state index is 12.5. The lowest BCUT2D eigenvalue weighted by atomic mass is 9.84. The minimum Gasteiger partial charge on any atom is -0.347 e. The van der Waals surface area contributed by atoms with Gasteiger partial charge in [0.2, 0.25) is 0 Å². The summed E-state index contributed by atoms with van der Waals surface area (Å²) in [5.74, 6) is 3.81. The fourth-order valence-electron chi connectivity index (χ4n) is 8.67. The van der Waals surface area contributed by atoms with Crippen LogP contribution in [0.2, 0.25) is 0 Å². The molecule has 1 unspecified atom stereocenters. The first-order valence-electron chi connectivity index (χ1n) is 26.9. The van der Waals surface area contributed by atoms with Gasteiger partial charge in [0, 0.05) is 25.1 Å². The Balaban J connectivity index is 0.00000104. The van der Waals surface area contributed by atoms with E-state index in [0.29, 0.717) is 12.3 Å². The van der Waals surface area contributed by atoms with E-state index in [-0.39, 0.29) is 17.2 Å². The summed E-state index contributed by atoms with van der Waals surface area (Å²) in [6, 6.07) is 8.73. The van der Waals surface area contributed by atoms with Gasteiger partial charge in [0.05, 0.1) is 22.8 Å². The van der Waals surface area contributed by atoms with E-state index in [1.807, 2.05) is 20.8 Å². The molecule has 5 nitrogen and oxygen atoms in total. The van der Waals surface area contributed by atoms with E-state index in [9.17, 15) is 4.79 Å². The van der Waals surface area contributed by atoms with Gasteiger partial charge in [-0.2, -0.15) is 0 Å². The van der Waals surface area contributed by atoms with Crippen LogP contribution in [0.25, 0.3) is 5.57 Å². The van der Waals surface area contributed by atoms with Crippen molar-refractivity contribution in [1.82, 2.24) is 14.9 Å². The highest BCUT2D eigenvalue weighted by atomic mass is 16.1. The van der Waals surface area contributed by atoms with E-state index in [1.165, 1.54) is 66.6 Å². The first-order valence-corrected chi connectivity index (χ1v) is 26.9.